The van der Waals surface area contributed by atoms with Crippen molar-refractivity contribution in [3.8, 4) is 11.5 Å². The van der Waals surface area contributed by atoms with Gasteiger partial charge in [-0.2, -0.15) is 0 Å². The molecule has 0 amide bonds. The normalized spacial score (nSPS) is 24.0. The van der Waals surface area contributed by atoms with Crippen LogP contribution in [0.25, 0.3) is 0 Å². The van der Waals surface area contributed by atoms with Crippen LogP contribution < -0.4 is 20.5 Å². The second-order valence-electron chi connectivity index (χ2n) is 5.67. The van der Waals surface area contributed by atoms with E-state index in [1.165, 1.54) is 0 Å². The Labute approximate surface area is 123 Å². The lowest BCUT2D eigenvalue weighted by molar-refractivity contribution is -0.142. The Morgan fingerprint density at radius 1 is 1.24 bits per heavy atom. The molecule has 0 saturated heterocycles. The summed E-state index contributed by atoms with van der Waals surface area (Å²) in [5.74, 6) is 0.570. The lowest BCUT2D eigenvalue weighted by Gasteiger charge is -2.27. The molecule has 1 aromatic rings. The molecule has 4 N–H and O–H groups in total. The fourth-order valence-electron chi connectivity index (χ4n) is 2.95. The maximum Gasteiger partial charge on any atom is 0.306 e. The summed E-state index contributed by atoms with van der Waals surface area (Å²) in [6.45, 7) is 0.899. The summed E-state index contributed by atoms with van der Waals surface area (Å²) in [6, 6.07) is 4.05. The molecule has 2 aliphatic rings. The molecule has 1 aromatic carbocycles. The molecule has 0 bridgehead atoms. The van der Waals surface area contributed by atoms with Crippen LogP contribution in [-0.2, 0) is 11.3 Å². The number of benzene rings is 1. The molecule has 0 aromatic heterocycles. The van der Waals surface area contributed by atoms with Crippen molar-refractivity contribution in [1.29, 1.82) is 0 Å². The van der Waals surface area contributed by atoms with Crippen LogP contribution in [0.5, 0.6) is 11.5 Å². The number of hydrogen-bond donors (Lipinski definition) is 3. The minimum atomic E-state index is -0.673. The van der Waals surface area contributed by atoms with Crippen LogP contribution in [0.1, 0.15) is 31.2 Å². The third kappa shape index (κ3) is 3.05. The molecular weight excluding hydrogens is 272 g/mol. The van der Waals surface area contributed by atoms with Crippen LogP contribution in [-0.4, -0.2) is 23.9 Å². The molecule has 1 aliphatic heterocycles. The van der Waals surface area contributed by atoms with Gasteiger partial charge in [0.05, 0.1) is 5.92 Å². The topological polar surface area (TPSA) is 93.8 Å². The predicted molar refractivity (Wildman–Crippen MR) is 77.2 cm³/mol. The average Bonchev–Trinajstić information content (AvgIpc) is 2.92. The number of ether oxygens (including phenoxy) is 2. The Morgan fingerprint density at radius 3 is 2.57 bits per heavy atom. The molecule has 6 nitrogen and oxygen atoms in total. The SMILES string of the molecule is Nc1cc2c(cc1CNC1CCC(C(=O)O)CC1)OCO2. The molecule has 0 radical (unpaired) electrons. The standard InChI is InChI=1S/C15H20N2O4/c16-12-6-14-13(20-8-21-14)5-10(12)7-17-11-3-1-9(2-4-11)15(18)19/h5-6,9,11,17H,1-4,7-8,16H2,(H,18,19). The number of anilines is 1. The fraction of sp³-hybridized carbons (Fsp3) is 0.533. The maximum atomic E-state index is 10.9. The number of nitrogen functional groups attached to an aromatic ring is 1. The quantitative estimate of drug-likeness (QED) is 0.732. The first kappa shape index (κ1) is 14.0. The molecule has 1 fully saturated rings. The number of nitrogens with one attached hydrogen (secondary N) is 1. The molecule has 0 spiro atoms. The summed E-state index contributed by atoms with van der Waals surface area (Å²) >= 11 is 0. The first-order valence-corrected chi connectivity index (χ1v) is 7.27. The van der Waals surface area contributed by atoms with Crippen molar-refractivity contribution in [3.63, 3.8) is 0 Å². The second kappa shape index (κ2) is 5.81. The molecule has 1 heterocycles. The fourth-order valence-corrected chi connectivity index (χ4v) is 2.95. The molecule has 0 atom stereocenters. The van der Waals surface area contributed by atoms with Gasteiger partial charge in [-0.25, -0.2) is 0 Å². The van der Waals surface area contributed by atoms with Crippen molar-refractivity contribution in [1.82, 2.24) is 5.32 Å². The molecular formula is C15H20N2O4. The van der Waals surface area contributed by atoms with Crippen molar-refractivity contribution >= 4 is 11.7 Å². The number of carbonyl (C=O) groups is 1. The number of fused-ring (bicyclic) bond motifs is 1. The second-order valence-corrected chi connectivity index (χ2v) is 5.67. The highest BCUT2D eigenvalue weighted by Gasteiger charge is 2.25. The zero-order valence-electron chi connectivity index (χ0n) is 11.8. The van der Waals surface area contributed by atoms with Crippen LogP contribution in [0.15, 0.2) is 12.1 Å². The molecule has 6 heteroatoms. The van der Waals surface area contributed by atoms with Gasteiger partial charge in [-0.15, -0.1) is 0 Å². The van der Waals surface area contributed by atoms with Crippen molar-refractivity contribution in [2.24, 2.45) is 5.92 Å². The Balaban J connectivity index is 1.55. The molecule has 0 unspecified atom stereocenters. The summed E-state index contributed by atoms with van der Waals surface area (Å²) in [7, 11) is 0. The highest BCUT2D eigenvalue weighted by Crippen LogP contribution is 2.36. The first-order chi connectivity index (χ1) is 10.1. The average molecular weight is 292 g/mol. The summed E-state index contributed by atoms with van der Waals surface area (Å²) < 4.78 is 10.6. The minimum Gasteiger partial charge on any atom is -0.481 e. The zero-order valence-corrected chi connectivity index (χ0v) is 11.8. The number of aliphatic carboxylic acids is 1. The van der Waals surface area contributed by atoms with E-state index in [1.807, 2.05) is 6.07 Å². The van der Waals surface area contributed by atoms with E-state index >= 15 is 0 Å². The molecule has 114 valence electrons. The predicted octanol–water partition coefficient (Wildman–Crippen LogP) is 1.73. The van der Waals surface area contributed by atoms with Crippen molar-refractivity contribution in [2.45, 2.75) is 38.3 Å². The van der Waals surface area contributed by atoms with Crippen LogP contribution in [0.2, 0.25) is 0 Å². The van der Waals surface area contributed by atoms with E-state index in [4.69, 9.17) is 20.3 Å². The van der Waals surface area contributed by atoms with E-state index in [9.17, 15) is 4.79 Å². The first-order valence-electron chi connectivity index (χ1n) is 7.27. The van der Waals surface area contributed by atoms with Crippen LogP contribution >= 0.6 is 0 Å². The number of carboxylic acid groups (broad SMARTS) is 1. The number of hydrogen-bond acceptors (Lipinski definition) is 5. The van der Waals surface area contributed by atoms with E-state index < -0.39 is 5.97 Å². The maximum absolute atomic E-state index is 10.9. The molecule has 1 aliphatic carbocycles. The lowest BCUT2D eigenvalue weighted by atomic mass is 9.86. The Kier molecular flexibility index (Phi) is 3.88. The van der Waals surface area contributed by atoms with Gasteiger partial charge in [-0.3, -0.25) is 4.79 Å². The van der Waals surface area contributed by atoms with E-state index in [-0.39, 0.29) is 12.7 Å². The molecule has 1 saturated carbocycles. The van der Waals surface area contributed by atoms with E-state index in [1.54, 1.807) is 6.07 Å². The summed E-state index contributed by atoms with van der Waals surface area (Å²) in [5, 5.41) is 12.5. The van der Waals surface area contributed by atoms with Crippen molar-refractivity contribution in [2.75, 3.05) is 12.5 Å². The van der Waals surface area contributed by atoms with Gasteiger partial charge in [0, 0.05) is 24.3 Å². The van der Waals surface area contributed by atoms with Gasteiger partial charge in [-0.05, 0) is 37.3 Å². The number of carboxylic acids is 1. The van der Waals surface area contributed by atoms with Crippen LogP contribution in [0, 0.1) is 5.92 Å². The summed E-state index contributed by atoms with van der Waals surface area (Å²) in [4.78, 5) is 10.9. The Morgan fingerprint density at radius 2 is 1.90 bits per heavy atom. The van der Waals surface area contributed by atoms with Gasteiger partial charge in [0.2, 0.25) is 6.79 Å². The van der Waals surface area contributed by atoms with E-state index in [2.05, 4.69) is 5.32 Å². The monoisotopic (exact) mass is 292 g/mol. The van der Waals surface area contributed by atoms with Gasteiger partial charge >= 0.3 is 5.97 Å². The molecule has 21 heavy (non-hydrogen) atoms. The third-order valence-corrected chi connectivity index (χ3v) is 4.29. The minimum absolute atomic E-state index is 0.182. The van der Waals surface area contributed by atoms with Gasteiger partial charge in [-0.1, -0.05) is 0 Å². The third-order valence-electron chi connectivity index (χ3n) is 4.29. The summed E-state index contributed by atoms with van der Waals surface area (Å²) in [6.07, 6.45) is 3.26. The van der Waals surface area contributed by atoms with Crippen LogP contribution in [0.4, 0.5) is 5.69 Å². The Bertz CT molecular complexity index is 539. The van der Waals surface area contributed by atoms with Crippen molar-refractivity contribution < 1.29 is 19.4 Å². The summed E-state index contributed by atoms with van der Waals surface area (Å²) in [5.41, 5.74) is 7.69. The zero-order chi connectivity index (χ0) is 14.8. The van der Waals surface area contributed by atoms with Gasteiger partial charge < -0.3 is 25.6 Å². The number of nitrogens with two attached hydrogens (primary N) is 1. The highest BCUT2D eigenvalue weighted by molar-refractivity contribution is 5.70. The van der Waals surface area contributed by atoms with Crippen LogP contribution in [0.3, 0.4) is 0 Å². The lowest BCUT2D eigenvalue weighted by Crippen LogP contribution is -2.34. The Hall–Kier alpha value is -1.95. The smallest absolute Gasteiger partial charge is 0.306 e. The highest BCUT2D eigenvalue weighted by atomic mass is 16.7. The van der Waals surface area contributed by atoms with Crippen molar-refractivity contribution in [3.05, 3.63) is 17.7 Å². The van der Waals surface area contributed by atoms with Gasteiger partial charge in [0.15, 0.2) is 11.5 Å². The van der Waals surface area contributed by atoms with E-state index in [0.717, 1.165) is 37.0 Å². The van der Waals surface area contributed by atoms with Gasteiger partial charge in [0.25, 0.3) is 0 Å². The molecule has 3 rings (SSSR count). The number of rotatable bonds is 4. The van der Waals surface area contributed by atoms with Gasteiger partial charge in [0.1, 0.15) is 0 Å². The van der Waals surface area contributed by atoms with E-state index in [0.29, 0.717) is 24.0 Å². The largest absolute Gasteiger partial charge is 0.481 e.